The number of ether oxygens (including phenoxy) is 2. The molecule has 0 aliphatic carbocycles. The number of rotatable bonds is 3. The lowest BCUT2D eigenvalue weighted by atomic mass is 9.96. The molecule has 1 atom stereocenters. The quantitative estimate of drug-likeness (QED) is 0.575. The first kappa shape index (κ1) is 21.3. The summed E-state index contributed by atoms with van der Waals surface area (Å²) in [6.07, 6.45) is 0.505. The predicted octanol–water partition coefficient (Wildman–Crippen LogP) is 3.73. The fourth-order valence-electron chi connectivity index (χ4n) is 3.87. The molecule has 2 aromatic carbocycles. The highest BCUT2D eigenvalue weighted by atomic mass is 32.2. The first-order chi connectivity index (χ1) is 14.9. The van der Waals surface area contributed by atoms with Crippen molar-refractivity contribution < 1.29 is 23.5 Å². The van der Waals surface area contributed by atoms with Crippen LogP contribution in [-0.4, -0.2) is 25.0 Å². The Kier molecular flexibility index (Phi) is 5.99. The first-order valence-electron chi connectivity index (χ1n) is 10.0. The molecule has 0 radical (unpaired) electrons. The van der Waals surface area contributed by atoms with Crippen LogP contribution in [0.15, 0.2) is 41.3 Å². The number of halogens is 1. The fourth-order valence-corrected chi connectivity index (χ4v) is 5.11. The van der Waals surface area contributed by atoms with Crippen LogP contribution in [0, 0.1) is 17.1 Å². The number of esters is 2. The highest BCUT2D eigenvalue weighted by Gasteiger charge is 2.46. The van der Waals surface area contributed by atoms with Gasteiger partial charge in [-0.2, -0.15) is 5.26 Å². The Morgan fingerprint density at radius 1 is 1.10 bits per heavy atom. The van der Waals surface area contributed by atoms with E-state index in [1.807, 2.05) is 6.92 Å². The van der Waals surface area contributed by atoms with Crippen LogP contribution < -0.4 is 5.32 Å². The van der Waals surface area contributed by atoms with E-state index in [9.17, 15) is 19.2 Å². The van der Waals surface area contributed by atoms with Crippen molar-refractivity contribution in [3.05, 3.63) is 64.5 Å². The normalized spacial score (nSPS) is 18.7. The molecular weight excluding hydrogens is 419 g/mol. The predicted molar refractivity (Wildman–Crippen MR) is 111 cm³/mol. The lowest BCUT2D eigenvalue weighted by Crippen LogP contribution is -2.43. The second-order valence-electron chi connectivity index (χ2n) is 7.52. The zero-order valence-electron chi connectivity index (χ0n) is 16.9. The van der Waals surface area contributed by atoms with E-state index in [0.29, 0.717) is 24.1 Å². The Balaban J connectivity index is 1.80. The minimum absolute atomic E-state index is 0.0323. The highest BCUT2D eigenvalue weighted by Crippen LogP contribution is 2.44. The molecule has 1 saturated heterocycles. The van der Waals surface area contributed by atoms with Crippen molar-refractivity contribution in [2.75, 3.05) is 13.1 Å². The topological polar surface area (TPSA) is 88.4 Å². The average Bonchev–Trinajstić information content (AvgIpc) is 3.01. The number of carbonyl (C=O) groups excluding carboxylic acids is 2. The number of thioether (sulfide) groups is 1. The molecule has 1 fully saturated rings. The molecule has 2 aliphatic heterocycles. The van der Waals surface area contributed by atoms with Gasteiger partial charge in [0.15, 0.2) is 0 Å². The molecule has 6 nitrogen and oxygen atoms in total. The van der Waals surface area contributed by atoms with E-state index >= 15 is 0 Å². The van der Waals surface area contributed by atoms with E-state index in [1.165, 1.54) is 23.9 Å². The number of carbonyl (C=O) groups is 2. The Morgan fingerprint density at radius 2 is 1.77 bits per heavy atom. The Morgan fingerprint density at radius 3 is 2.42 bits per heavy atom. The minimum atomic E-state index is -1.56. The average molecular weight is 440 g/mol. The van der Waals surface area contributed by atoms with Gasteiger partial charge in [0.1, 0.15) is 11.9 Å². The summed E-state index contributed by atoms with van der Waals surface area (Å²) >= 11 is 1.48. The van der Waals surface area contributed by atoms with Gasteiger partial charge >= 0.3 is 11.9 Å². The van der Waals surface area contributed by atoms with Crippen LogP contribution in [0.25, 0.3) is 0 Å². The van der Waals surface area contributed by atoms with Crippen molar-refractivity contribution in [3.8, 4) is 6.07 Å². The molecule has 0 bridgehead atoms. The van der Waals surface area contributed by atoms with Gasteiger partial charge in [-0.1, -0.05) is 12.1 Å². The summed E-state index contributed by atoms with van der Waals surface area (Å²) < 4.78 is 24.7. The first-order valence-corrected chi connectivity index (χ1v) is 10.9. The molecular formula is C23H21FN2O4S. The maximum atomic E-state index is 13.3. The van der Waals surface area contributed by atoms with Crippen LogP contribution in [0.4, 0.5) is 4.39 Å². The molecule has 1 N–H and O–H groups in total. The van der Waals surface area contributed by atoms with Gasteiger partial charge < -0.3 is 14.8 Å². The summed E-state index contributed by atoms with van der Waals surface area (Å²) in [5.41, 5.74) is 2.79. The molecule has 160 valence electrons. The Labute approximate surface area is 183 Å². The van der Waals surface area contributed by atoms with E-state index < -0.39 is 17.7 Å². The van der Waals surface area contributed by atoms with Crippen LogP contribution in [0.5, 0.6) is 0 Å². The smallest absolute Gasteiger partial charge is 0.309 e. The number of fused-ring (bicyclic) bond motifs is 2. The van der Waals surface area contributed by atoms with Gasteiger partial charge in [0.05, 0.1) is 24.9 Å². The summed E-state index contributed by atoms with van der Waals surface area (Å²) in [7, 11) is 0. The van der Waals surface area contributed by atoms with E-state index in [2.05, 4.69) is 11.4 Å². The molecule has 2 aromatic rings. The molecule has 31 heavy (non-hydrogen) atoms. The summed E-state index contributed by atoms with van der Waals surface area (Å²) in [6.45, 7) is 2.69. The molecule has 1 unspecified atom stereocenters. The number of hydrogen-bond acceptors (Lipinski definition) is 7. The van der Waals surface area contributed by atoms with Crippen molar-refractivity contribution >= 4 is 23.7 Å². The molecule has 2 aliphatic rings. The summed E-state index contributed by atoms with van der Waals surface area (Å²) in [4.78, 5) is 25.3. The SMILES string of the molecule is CC(Sc1c(C#N)ccc2c1CCNCC21OC(=O)CCC(=O)O1)c1ccc(F)cc1. The summed E-state index contributed by atoms with van der Waals surface area (Å²) in [6, 6.07) is 11.9. The van der Waals surface area contributed by atoms with Gasteiger partial charge in [-0.25, -0.2) is 4.39 Å². The third-order valence-electron chi connectivity index (χ3n) is 5.43. The monoisotopic (exact) mass is 440 g/mol. The molecule has 0 saturated carbocycles. The van der Waals surface area contributed by atoms with Crippen LogP contribution >= 0.6 is 11.8 Å². The molecule has 8 heteroatoms. The lowest BCUT2D eigenvalue weighted by Gasteiger charge is -2.32. The van der Waals surface area contributed by atoms with Crippen molar-refractivity contribution in [1.29, 1.82) is 5.26 Å². The van der Waals surface area contributed by atoms with Crippen molar-refractivity contribution in [3.63, 3.8) is 0 Å². The Hall–Kier alpha value is -2.89. The molecule has 2 heterocycles. The zero-order valence-corrected chi connectivity index (χ0v) is 17.8. The van der Waals surface area contributed by atoms with Gasteiger partial charge in [0.25, 0.3) is 5.79 Å². The second kappa shape index (κ2) is 8.69. The number of nitriles is 1. The van der Waals surface area contributed by atoms with Gasteiger partial charge in [0, 0.05) is 15.7 Å². The Bertz CT molecular complexity index is 1050. The minimum Gasteiger partial charge on any atom is -0.416 e. The fraction of sp³-hybridized carbons (Fsp3) is 0.348. The number of nitrogens with zero attached hydrogens (tertiary/aromatic N) is 1. The van der Waals surface area contributed by atoms with Crippen molar-refractivity contribution in [2.45, 2.75) is 42.1 Å². The van der Waals surface area contributed by atoms with Gasteiger partial charge in [-0.15, -0.1) is 11.8 Å². The van der Waals surface area contributed by atoms with Crippen molar-refractivity contribution in [2.24, 2.45) is 0 Å². The van der Waals surface area contributed by atoms with Crippen LogP contribution in [0.1, 0.15) is 47.3 Å². The number of benzene rings is 2. The number of hydrogen-bond donors (Lipinski definition) is 1. The van der Waals surface area contributed by atoms with Gasteiger partial charge in [0.2, 0.25) is 0 Å². The van der Waals surface area contributed by atoms with Crippen molar-refractivity contribution in [1.82, 2.24) is 5.32 Å². The molecule has 0 aromatic heterocycles. The van der Waals surface area contributed by atoms with Gasteiger partial charge in [-0.05, 0) is 55.3 Å². The zero-order chi connectivity index (χ0) is 22.0. The number of nitrogens with one attached hydrogen (secondary N) is 1. The summed E-state index contributed by atoms with van der Waals surface area (Å²) in [5, 5.41) is 12.9. The van der Waals surface area contributed by atoms with Gasteiger partial charge in [-0.3, -0.25) is 9.59 Å². The van der Waals surface area contributed by atoms with Crippen LogP contribution in [0.3, 0.4) is 0 Å². The van der Waals surface area contributed by atoms with E-state index in [-0.39, 0.29) is 30.5 Å². The van der Waals surface area contributed by atoms with E-state index in [0.717, 1.165) is 16.0 Å². The third-order valence-corrected chi connectivity index (χ3v) is 6.75. The second-order valence-corrected chi connectivity index (χ2v) is 8.87. The van der Waals surface area contributed by atoms with Crippen LogP contribution in [0.2, 0.25) is 0 Å². The van der Waals surface area contributed by atoms with Crippen LogP contribution in [-0.2, 0) is 31.3 Å². The standard InChI is InChI=1S/C23H21FN2O4S/c1-14(15-2-5-17(24)6-3-15)31-22-16(12-25)4-7-19-18(22)10-11-26-13-23(19)29-20(27)8-9-21(28)30-23/h2-7,14,26H,8-11,13H2,1H3. The maximum Gasteiger partial charge on any atom is 0.309 e. The summed E-state index contributed by atoms with van der Waals surface area (Å²) in [5.74, 6) is -2.87. The lowest BCUT2D eigenvalue weighted by molar-refractivity contribution is -0.225. The molecule has 0 amide bonds. The van der Waals surface area contributed by atoms with E-state index in [1.54, 1.807) is 24.3 Å². The largest absolute Gasteiger partial charge is 0.416 e. The molecule has 1 spiro atoms. The maximum absolute atomic E-state index is 13.3. The third kappa shape index (κ3) is 4.29. The molecule has 4 rings (SSSR count). The van der Waals surface area contributed by atoms with E-state index in [4.69, 9.17) is 9.47 Å². The highest BCUT2D eigenvalue weighted by molar-refractivity contribution is 7.99.